The van der Waals surface area contributed by atoms with Crippen LogP contribution in [-0.4, -0.2) is 23.5 Å². The quantitative estimate of drug-likeness (QED) is 0.798. The van der Waals surface area contributed by atoms with E-state index < -0.39 is 0 Å². The molecular formula is C13H23N3OS. The monoisotopic (exact) mass is 269 g/mol. The van der Waals surface area contributed by atoms with Gasteiger partial charge in [-0.3, -0.25) is 4.79 Å². The van der Waals surface area contributed by atoms with Gasteiger partial charge in [-0.25, -0.2) is 4.98 Å². The van der Waals surface area contributed by atoms with Gasteiger partial charge < -0.3 is 10.6 Å². The lowest BCUT2D eigenvalue weighted by molar-refractivity contribution is -0.122. The SMILES string of the molecule is CCNC(C)CC(=O)NC(C)c1ncc(CC)s1. The second kappa shape index (κ2) is 7.48. The Bertz CT molecular complexity index is 378. The molecule has 0 saturated carbocycles. The van der Waals surface area contributed by atoms with E-state index in [9.17, 15) is 4.79 Å². The van der Waals surface area contributed by atoms with Crippen molar-refractivity contribution in [3.05, 3.63) is 16.1 Å². The van der Waals surface area contributed by atoms with Crippen molar-refractivity contribution in [2.45, 2.75) is 52.6 Å². The van der Waals surface area contributed by atoms with Crippen molar-refractivity contribution in [3.8, 4) is 0 Å². The van der Waals surface area contributed by atoms with Crippen LogP contribution in [0.1, 0.15) is 50.0 Å². The Morgan fingerprint density at radius 2 is 2.17 bits per heavy atom. The summed E-state index contributed by atoms with van der Waals surface area (Å²) >= 11 is 1.67. The van der Waals surface area contributed by atoms with E-state index in [0.717, 1.165) is 18.0 Å². The van der Waals surface area contributed by atoms with E-state index in [-0.39, 0.29) is 18.0 Å². The zero-order valence-electron chi connectivity index (χ0n) is 11.6. The predicted octanol–water partition coefficient (Wildman–Crippen LogP) is 2.27. The standard InChI is InChI=1S/C13H23N3OS/c1-5-11-8-15-13(18-11)10(4)16-12(17)7-9(3)14-6-2/h8-10,14H,5-7H2,1-4H3,(H,16,17). The summed E-state index contributed by atoms with van der Waals surface area (Å²) in [6.07, 6.45) is 3.39. The molecule has 1 amide bonds. The largest absolute Gasteiger partial charge is 0.347 e. The van der Waals surface area contributed by atoms with E-state index in [1.165, 1.54) is 4.88 Å². The van der Waals surface area contributed by atoms with Crippen LogP contribution >= 0.6 is 11.3 Å². The third-order valence-corrected chi connectivity index (χ3v) is 4.04. The van der Waals surface area contributed by atoms with E-state index in [2.05, 4.69) is 22.5 Å². The number of rotatable bonds is 7. The molecule has 0 fully saturated rings. The van der Waals surface area contributed by atoms with Crippen molar-refractivity contribution in [2.75, 3.05) is 6.54 Å². The van der Waals surface area contributed by atoms with Crippen molar-refractivity contribution in [2.24, 2.45) is 0 Å². The molecule has 5 heteroatoms. The number of hydrogen-bond acceptors (Lipinski definition) is 4. The van der Waals surface area contributed by atoms with Crippen molar-refractivity contribution in [1.82, 2.24) is 15.6 Å². The molecule has 0 bridgehead atoms. The maximum absolute atomic E-state index is 11.8. The number of thiazole rings is 1. The highest BCUT2D eigenvalue weighted by Gasteiger charge is 2.14. The molecule has 0 aromatic carbocycles. The van der Waals surface area contributed by atoms with E-state index in [0.29, 0.717) is 6.42 Å². The summed E-state index contributed by atoms with van der Waals surface area (Å²) in [5.74, 6) is 0.0733. The van der Waals surface area contributed by atoms with E-state index in [1.807, 2.05) is 27.0 Å². The normalized spacial score (nSPS) is 14.2. The van der Waals surface area contributed by atoms with Crippen molar-refractivity contribution >= 4 is 17.2 Å². The third-order valence-electron chi connectivity index (χ3n) is 2.71. The Morgan fingerprint density at radius 3 is 2.72 bits per heavy atom. The molecular weight excluding hydrogens is 246 g/mol. The fourth-order valence-electron chi connectivity index (χ4n) is 1.75. The molecule has 1 heterocycles. The molecule has 0 aliphatic heterocycles. The minimum Gasteiger partial charge on any atom is -0.347 e. The topological polar surface area (TPSA) is 54.0 Å². The van der Waals surface area contributed by atoms with Gasteiger partial charge in [0.25, 0.3) is 0 Å². The molecule has 0 aliphatic rings. The minimum absolute atomic E-state index is 0.00312. The molecule has 1 aromatic rings. The van der Waals surface area contributed by atoms with Gasteiger partial charge in [0, 0.05) is 23.5 Å². The molecule has 2 atom stereocenters. The van der Waals surface area contributed by atoms with Gasteiger partial charge in [0.05, 0.1) is 6.04 Å². The molecule has 4 nitrogen and oxygen atoms in total. The first-order valence-corrected chi connectivity index (χ1v) is 7.35. The number of hydrogen-bond donors (Lipinski definition) is 2. The predicted molar refractivity (Wildman–Crippen MR) is 75.8 cm³/mol. The van der Waals surface area contributed by atoms with Crippen molar-refractivity contribution in [1.29, 1.82) is 0 Å². The van der Waals surface area contributed by atoms with Crippen LogP contribution in [0.5, 0.6) is 0 Å². The second-order valence-corrected chi connectivity index (χ2v) is 5.62. The Kier molecular flexibility index (Phi) is 6.29. The third kappa shape index (κ3) is 4.74. The highest BCUT2D eigenvalue weighted by Crippen LogP contribution is 2.20. The number of carbonyl (C=O) groups is 1. The first kappa shape index (κ1) is 15.1. The molecule has 0 spiro atoms. The van der Waals surface area contributed by atoms with Crippen LogP contribution < -0.4 is 10.6 Å². The zero-order valence-corrected chi connectivity index (χ0v) is 12.4. The van der Waals surface area contributed by atoms with Gasteiger partial charge in [-0.15, -0.1) is 11.3 Å². The molecule has 1 rings (SSSR count). The Hall–Kier alpha value is -0.940. The van der Waals surface area contributed by atoms with Crippen LogP contribution in [0.15, 0.2) is 6.20 Å². The Balaban J connectivity index is 2.43. The molecule has 0 saturated heterocycles. The van der Waals surface area contributed by atoms with Crippen LogP contribution in [0.4, 0.5) is 0 Å². The lowest BCUT2D eigenvalue weighted by Crippen LogP contribution is -2.34. The summed E-state index contributed by atoms with van der Waals surface area (Å²) in [6.45, 7) is 9.04. The summed E-state index contributed by atoms with van der Waals surface area (Å²) < 4.78 is 0. The number of nitrogens with one attached hydrogen (secondary N) is 2. The molecule has 2 N–H and O–H groups in total. The van der Waals surface area contributed by atoms with Crippen molar-refractivity contribution in [3.63, 3.8) is 0 Å². The van der Waals surface area contributed by atoms with Crippen LogP contribution in [0.25, 0.3) is 0 Å². The lowest BCUT2D eigenvalue weighted by Gasteiger charge is -2.15. The molecule has 18 heavy (non-hydrogen) atoms. The van der Waals surface area contributed by atoms with Crippen LogP contribution in [0.2, 0.25) is 0 Å². The lowest BCUT2D eigenvalue weighted by atomic mass is 10.2. The highest BCUT2D eigenvalue weighted by molar-refractivity contribution is 7.11. The van der Waals surface area contributed by atoms with Crippen LogP contribution in [0.3, 0.4) is 0 Å². The fourth-order valence-corrected chi connectivity index (χ4v) is 2.61. The van der Waals surface area contributed by atoms with Crippen LogP contribution in [-0.2, 0) is 11.2 Å². The van der Waals surface area contributed by atoms with Crippen LogP contribution in [0, 0.1) is 0 Å². The van der Waals surface area contributed by atoms with Gasteiger partial charge in [0.1, 0.15) is 5.01 Å². The number of carbonyl (C=O) groups excluding carboxylic acids is 1. The van der Waals surface area contributed by atoms with Gasteiger partial charge in [-0.1, -0.05) is 13.8 Å². The number of aromatic nitrogens is 1. The average Bonchev–Trinajstić information content (AvgIpc) is 2.77. The smallest absolute Gasteiger partial charge is 0.222 e. The summed E-state index contributed by atoms with van der Waals surface area (Å²) in [7, 11) is 0. The summed E-state index contributed by atoms with van der Waals surface area (Å²) in [6, 6.07) is 0.210. The first-order valence-electron chi connectivity index (χ1n) is 6.54. The molecule has 2 unspecified atom stereocenters. The maximum Gasteiger partial charge on any atom is 0.222 e. The maximum atomic E-state index is 11.8. The Morgan fingerprint density at radius 1 is 1.44 bits per heavy atom. The number of aryl methyl sites for hydroxylation is 1. The zero-order chi connectivity index (χ0) is 13.5. The van der Waals surface area contributed by atoms with Gasteiger partial charge in [0.2, 0.25) is 5.91 Å². The summed E-state index contributed by atoms with van der Waals surface area (Å²) in [5, 5.41) is 7.20. The fraction of sp³-hybridized carbons (Fsp3) is 0.692. The van der Waals surface area contributed by atoms with Gasteiger partial charge in [-0.2, -0.15) is 0 Å². The first-order chi connectivity index (χ1) is 8.56. The van der Waals surface area contributed by atoms with E-state index in [1.54, 1.807) is 11.3 Å². The Labute approximate surface area is 113 Å². The average molecular weight is 269 g/mol. The molecule has 0 radical (unpaired) electrons. The van der Waals surface area contributed by atoms with Crippen molar-refractivity contribution < 1.29 is 4.79 Å². The molecule has 0 aliphatic carbocycles. The summed E-state index contributed by atoms with van der Waals surface area (Å²) in [4.78, 5) is 17.4. The van der Waals surface area contributed by atoms with Gasteiger partial charge in [-0.05, 0) is 26.8 Å². The minimum atomic E-state index is -0.00312. The van der Waals surface area contributed by atoms with E-state index in [4.69, 9.17) is 0 Å². The summed E-state index contributed by atoms with van der Waals surface area (Å²) in [5.41, 5.74) is 0. The number of amides is 1. The second-order valence-electron chi connectivity index (χ2n) is 4.47. The molecule has 102 valence electrons. The van der Waals surface area contributed by atoms with Gasteiger partial charge >= 0.3 is 0 Å². The van der Waals surface area contributed by atoms with Gasteiger partial charge in [0.15, 0.2) is 0 Å². The van der Waals surface area contributed by atoms with E-state index >= 15 is 0 Å². The number of nitrogens with zero attached hydrogens (tertiary/aromatic N) is 1. The molecule has 1 aromatic heterocycles. The highest BCUT2D eigenvalue weighted by atomic mass is 32.1.